The van der Waals surface area contributed by atoms with E-state index < -0.39 is 0 Å². The smallest absolute Gasteiger partial charge is 0.136 e. The molecule has 0 saturated heterocycles. The third kappa shape index (κ3) is 1.98. The summed E-state index contributed by atoms with van der Waals surface area (Å²) in [6.45, 7) is 2.09. The van der Waals surface area contributed by atoms with Gasteiger partial charge < -0.3 is 0 Å². The fourth-order valence-electron chi connectivity index (χ4n) is 2.07. The highest BCUT2D eigenvalue weighted by Crippen LogP contribution is 2.27. The fraction of sp³-hybridized carbons (Fsp3) is 0.0625. The van der Waals surface area contributed by atoms with Crippen molar-refractivity contribution in [1.82, 2.24) is 4.98 Å². The second-order valence-electron chi connectivity index (χ2n) is 4.40. The number of benzene rings is 2. The van der Waals surface area contributed by atoms with E-state index >= 15 is 0 Å². The van der Waals surface area contributed by atoms with E-state index in [1.165, 1.54) is 16.7 Å². The standard InChI is InChI=1S/C16H12ClN/c1-11-2-4-12(5-3-11)13-6-7-15-14(10-13)8-9-18-16(15)17/h2-10H,1H3. The van der Waals surface area contributed by atoms with Crippen LogP contribution >= 0.6 is 11.6 Å². The molecule has 0 spiro atoms. The number of halogens is 1. The van der Waals surface area contributed by atoms with Gasteiger partial charge in [-0.1, -0.05) is 53.6 Å². The van der Waals surface area contributed by atoms with Gasteiger partial charge >= 0.3 is 0 Å². The third-order valence-corrected chi connectivity index (χ3v) is 3.40. The van der Waals surface area contributed by atoms with Gasteiger partial charge in [-0.05, 0) is 35.6 Å². The van der Waals surface area contributed by atoms with Gasteiger partial charge in [0.15, 0.2) is 0 Å². The van der Waals surface area contributed by atoms with E-state index in [2.05, 4.69) is 48.3 Å². The number of nitrogens with zero attached hydrogens (tertiary/aromatic N) is 1. The predicted molar refractivity (Wildman–Crippen MR) is 76.9 cm³/mol. The van der Waals surface area contributed by atoms with Crippen LogP contribution < -0.4 is 0 Å². The van der Waals surface area contributed by atoms with Gasteiger partial charge in [0.05, 0.1) is 0 Å². The highest BCUT2D eigenvalue weighted by molar-refractivity contribution is 6.34. The van der Waals surface area contributed by atoms with Gasteiger partial charge in [0.25, 0.3) is 0 Å². The van der Waals surface area contributed by atoms with E-state index in [0.717, 1.165) is 10.8 Å². The molecular weight excluding hydrogens is 242 g/mol. The van der Waals surface area contributed by atoms with E-state index in [9.17, 15) is 0 Å². The van der Waals surface area contributed by atoms with Crippen LogP contribution in [0.25, 0.3) is 21.9 Å². The summed E-state index contributed by atoms with van der Waals surface area (Å²) >= 11 is 6.07. The molecular formula is C16H12ClN. The normalized spacial score (nSPS) is 10.8. The summed E-state index contributed by atoms with van der Waals surface area (Å²) in [5.41, 5.74) is 3.69. The highest BCUT2D eigenvalue weighted by atomic mass is 35.5. The van der Waals surface area contributed by atoms with Gasteiger partial charge in [-0.3, -0.25) is 0 Å². The minimum atomic E-state index is 0.558. The summed E-state index contributed by atoms with van der Waals surface area (Å²) in [6, 6.07) is 16.8. The van der Waals surface area contributed by atoms with Crippen LogP contribution in [-0.4, -0.2) is 4.98 Å². The summed E-state index contributed by atoms with van der Waals surface area (Å²) in [6.07, 6.45) is 1.74. The minimum absolute atomic E-state index is 0.558. The van der Waals surface area contributed by atoms with Crippen molar-refractivity contribution in [1.29, 1.82) is 0 Å². The molecule has 0 N–H and O–H groups in total. The van der Waals surface area contributed by atoms with E-state index in [0.29, 0.717) is 5.15 Å². The Labute approximate surface area is 111 Å². The molecule has 2 heteroatoms. The molecule has 0 aliphatic heterocycles. The Morgan fingerprint density at radius 1 is 0.889 bits per heavy atom. The second kappa shape index (κ2) is 4.43. The maximum Gasteiger partial charge on any atom is 0.136 e. The molecule has 3 rings (SSSR count). The van der Waals surface area contributed by atoms with E-state index in [1.54, 1.807) is 6.20 Å². The molecule has 1 nitrogen and oxygen atoms in total. The van der Waals surface area contributed by atoms with Gasteiger partial charge in [-0.25, -0.2) is 4.98 Å². The van der Waals surface area contributed by atoms with E-state index in [4.69, 9.17) is 11.6 Å². The lowest BCUT2D eigenvalue weighted by Crippen LogP contribution is -1.82. The number of rotatable bonds is 1. The Morgan fingerprint density at radius 3 is 2.39 bits per heavy atom. The quantitative estimate of drug-likeness (QED) is 0.564. The first-order chi connectivity index (χ1) is 8.74. The summed E-state index contributed by atoms with van der Waals surface area (Å²) in [5, 5.41) is 2.67. The molecule has 88 valence electrons. The van der Waals surface area contributed by atoms with Gasteiger partial charge in [0, 0.05) is 11.6 Å². The van der Waals surface area contributed by atoms with Crippen molar-refractivity contribution in [3.8, 4) is 11.1 Å². The first-order valence-electron chi connectivity index (χ1n) is 5.85. The number of aromatic nitrogens is 1. The zero-order valence-electron chi connectivity index (χ0n) is 10.0. The number of fused-ring (bicyclic) bond motifs is 1. The van der Waals surface area contributed by atoms with Gasteiger partial charge in [0.1, 0.15) is 5.15 Å². The number of pyridine rings is 1. The number of hydrogen-bond donors (Lipinski definition) is 0. The lowest BCUT2D eigenvalue weighted by molar-refractivity contribution is 1.36. The Bertz CT molecular complexity index is 702. The third-order valence-electron chi connectivity index (χ3n) is 3.10. The van der Waals surface area contributed by atoms with Crippen molar-refractivity contribution in [3.05, 3.63) is 65.4 Å². The number of hydrogen-bond acceptors (Lipinski definition) is 1. The van der Waals surface area contributed by atoms with Crippen molar-refractivity contribution < 1.29 is 0 Å². The summed E-state index contributed by atoms with van der Waals surface area (Å²) in [4.78, 5) is 4.09. The monoisotopic (exact) mass is 253 g/mol. The maximum absolute atomic E-state index is 6.07. The average Bonchev–Trinajstić information content (AvgIpc) is 2.39. The Balaban J connectivity index is 2.16. The van der Waals surface area contributed by atoms with Gasteiger partial charge in [0.2, 0.25) is 0 Å². The Morgan fingerprint density at radius 2 is 1.61 bits per heavy atom. The molecule has 0 saturated carbocycles. The molecule has 2 aromatic carbocycles. The van der Waals surface area contributed by atoms with Crippen molar-refractivity contribution >= 4 is 22.4 Å². The van der Waals surface area contributed by atoms with Crippen LogP contribution in [-0.2, 0) is 0 Å². The first-order valence-corrected chi connectivity index (χ1v) is 6.23. The first kappa shape index (κ1) is 11.2. The lowest BCUT2D eigenvalue weighted by Gasteiger charge is -2.05. The predicted octanol–water partition coefficient (Wildman–Crippen LogP) is 4.86. The molecule has 0 amide bonds. The van der Waals surface area contributed by atoms with Crippen molar-refractivity contribution in [2.75, 3.05) is 0 Å². The van der Waals surface area contributed by atoms with E-state index in [1.807, 2.05) is 12.1 Å². The van der Waals surface area contributed by atoms with Crippen LogP contribution in [0.15, 0.2) is 54.7 Å². The topological polar surface area (TPSA) is 12.9 Å². The fourth-order valence-corrected chi connectivity index (χ4v) is 2.30. The zero-order chi connectivity index (χ0) is 12.5. The van der Waals surface area contributed by atoms with Crippen molar-refractivity contribution in [2.45, 2.75) is 6.92 Å². The molecule has 1 heterocycles. The largest absolute Gasteiger partial charge is 0.244 e. The van der Waals surface area contributed by atoms with Gasteiger partial charge in [-0.15, -0.1) is 0 Å². The van der Waals surface area contributed by atoms with Crippen LogP contribution in [0.3, 0.4) is 0 Å². The highest BCUT2D eigenvalue weighted by Gasteiger charge is 2.02. The molecule has 0 aliphatic carbocycles. The lowest BCUT2D eigenvalue weighted by atomic mass is 10.0. The molecule has 0 atom stereocenters. The summed E-state index contributed by atoms with van der Waals surface area (Å²) < 4.78 is 0. The van der Waals surface area contributed by atoms with Crippen LogP contribution in [0.5, 0.6) is 0 Å². The Kier molecular flexibility index (Phi) is 2.77. The molecule has 0 fully saturated rings. The van der Waals surface area contributed by atoms with Crippen LogP contribution in [0.1, 0.15) is 5.56 Å². The minimum Gasteiger partial charge on any atom is -0.244 e. The van der Waals surface area contributed by atoms with Crippen molar-refractivity contribution in [2.24, 2.45) is 0 Å². The molecule has 1 aromatic heterocycles. The van der Waals surface area contributed by atoms with Crippen molar-refractivity contribution in [3.63, 3.8) is 0 Å². The van der Waals surface area contributed by atoms with Crippen LogP contribution in [0.2, 0.25) is 5.15 Å². The Hall–Kier alpha value is -1.86. The molecule has 18 heavy (non-hydrogen) atoms. The second-order valence-corrected chi connectivity index (χ2v) is 4.76. The molecule has 0 unspecified atom stereocenters. The SMILES string of the molecule is Cc1ccc(-c2ccc3c(Cl)nccc3c2)cc1. The summed E-state index contributed by atoms with van der Waals surface area (Å²) in [7, 11) is 0. The molecule has 0 aliphatic rings. The van der Waals surface area contributed by atoms with E-state index in [-0.39, 0.29) is 0 Å². The number of aryl methyl sites for hydroxylation is 1. The molecule has 0 bridgehead atoms. The summed E-state index contributed by atoms with van der Waals surface area (Å²) in [5.74, 6) is 0. The van der Waals surface area contributed by atoms with Gasteiger partial charge in [-0.2, -0.15) is 0 Å². The zero-order valence-corrected chi connectivity index (χ0v) is 10.8. The molecule has 0 radical (unpaired) electrons. The van der Waals surface area contributed by atoms with Crippen LogP contribution in [0, 0.1) is 6.92 Å². The average molecular weight is 254 g/mol. The maximum atomic E-state index is 6.07. The van der Waals surface area contributed by atoms with Crippen LogP contribution in [0.4, 0.5) is 0 Å². The molecule has 3 aromatic rings.